The first-order valence-corrected chi connectivity index (χ1v) is 8.18. The van der Waals surface area contributed by atoms with Gasteiger partial charge in [0.1, 0.15) is 0 Å². The molecule has 2 aliphatic rings. The molecule has 3 rings (SSSR count). The van der Waals surface area contributed by atoms with E-state index >= 15 is 0 Å². The van der Waals surface area contributed by atoms with Crippen LogP contribution in [0.5, 0.6) is 0 Å². The number of nitrogens with one attached hydrogen (secondary N) is 1. The third-order valence-electron chi connectivity index (χ3n) is 3.94. The SMILES string of the molecule is CCN1CCc2nc(NC(=O)CC3CCCO3)sc2C1. The lowest BCUT2D eigenvalue weighted by atomic mass is 10.2. The van der Waals surface area contributed by atoms with Crippen LogP contribution in [0.15, 0.2) is 0 Å². The van der Waals surface area contributed by atoms with Crippen LogP contribution in [0.2, 0.25) is 0 Å². The Balaban J connectivity index is 1.58. The second-order valence-corrected chi connectivity index (χ2v) is 6.48. The minimum atomic E-state index is 0.0235. The summed E-state index contributed by atoms with van der Waals surface area (Å²) < 4.78 is 5.49. The number of hydrogen-bond donors (Lipinski definition) is 1. The molecule has 0 aliphatic carbocycles. The molecule has 20 heavy (non-hydrogen) atoms. The number of carbonyl (C=O) groups excluding carboxylic acids is 1. The Labute approximate surface area is 123 Å². The quantitative estimate of drug-likeness (QED) is 0.923. The molecule has 0 saturated carbocycles. The molecule has 2 aliphatic heterocycles. The molecule has 1 unspecified atom stereocenters. The molecule has 0 aromatic carbocycles. The van der Waals surface area contributed by atoms with Gasteiger partial charge in [0.2, 0.25) is 5.91 Å². The molecule has 1 fully saturated rings. The van der Waals surface area contributed by atoms with E-state index in [1.54, 1.807) is 11.3 Å². The highest BCUT2D eigenvalue weighted by atomic mass is 32.1. The Morgan fingerprint density at radius 1 is 1.60 bits per heavy atom. The first kappa shape index (κ1) is 14.0. The van der Waals surface area contributed by atoms with Crippen molar-refractivity contribution < 1.29 is 9.53 Å². The van der Waals surface area contributed by atoms with Gasteiger partial charge in [0.25, 0.3) is 0 Å². The van der Waals surface area contributed by atoms with Gasteiger partial charge in [0.15, 0.2) is 5.13 Å². The van der Waals surface area contributed by atoms with Crippen LogP contribution in [-0.4, -0.2) is 41.6 Å². The van der Waals surface area contributed by atoms with E-state index in [9.17, 15) is 4.79 Å². The topological polar surface area (TPSA) is 54.5 Å². The van der Waals surface area contributed by atoms with Gasteiger partial charge in [-0.3, -0.25) is 9.69 Å². The zero-order chi connectivity index (χ0) is 13.9. The summed E-state index contributed by atoms with van der Waals surface area (Å²) in [6, 6.07) is 0. The zero-order valence-corrected chi connectivity index (χ0v) is 12.7. The number of nitrogens with zero attached hydrogens (tertiary/aromatic N) is 2. The van der Waals surface area contributed by atoms with E-state index in [0.717, 1.165) is 56.3 Å². The minimum absolute atomic E-state index is 0.0235. The molecule has 6 heteroatoms. The Morgan fingerprint density at radius 2 is 2.50 bits per heavy atom. The second kappa shape index (κ2) is 6.20. The molecular formula is C14H21N3O2S. The van der Waals surface area contributed by atoms with E-state index in [0.29, 0.717) is 6.42 Å². The maximum atomic E-state index is 12.0. The molecule has 1 aromatic rings. The molecule has 1 aromatic heterocycles. The van der Waals surface area contributed by atoms with Crippen molar-refractivity contribution in [2.45, 2.75) is 45.3 Å². The summed E-state index contributed by atoms with van der Waals surface area (Å²) in [5, 5.41) is 3.68. The van der Waals surface area contributed by atoms with Crippen LogP contribution < -0.4 is 5.32 Å². The minimum Gasteiger partial charge on any atom is -0.378 e. The largest absolute Gasteiger partial charge is 0.378 e. The standard InChI is InChI=1S/C14H21N3O2S/c1-2-17-6-5-11-12(9-17)20-14(15-11)16-13(18)8-10-4-3-7-19-10/h10H,2-9H2,1H3,(H,15,16,18). The van der Waals surface area contributed by atoms with E-state index in [2.05, 4.69) is 22.1 Å². The highest BCUT2D eigenvalue weighted by molar-refractivity contribution is 7.15. The van der Waals surface area contributed by atoms with Gasteiger partial charge in [-0.1, -0.05) is 6.92 Å². The molecule has 5 nitrogen and oxygen atoms in total. The molecule has 0 bridgehead atoms. The summed E-state index contributed by atoms with van der Waals surface area (Å²) in [6.07, 6.45) is 3.59. The Bertz CT molecular complexity index is 483. The fraction of sp³-hybridized carbons (Fsp3) is 0.714. The van der Waals surface area contributed by atoms with E-state index in [1.165, 1.54) is 4.88 Å². The van der Waals surface area contributed by atoms with Crippen molar-refractivity contribution in [2.24, 2.45) is 0 Å². The first-order valence-electron chi connectivity index (χ1n) is 7.37. The lowest BCUT2D eigenvalue weighted by Gasteiger charge is -2.23. The number of rotatable bonds is 4. The smallest absolute Gasteiger partial charge is 0.228 e. The van der Waals surface area contributed by atoms with Crippen molar-refractivity contribution >= 4 is 22.4 Å². The molecule has 0 spiro atoms. The van der Waals surface area contributed by atoms with Gasteiger partial charge in [-0.25, -0.2) is 4.98 Å². The van der Waals surface area contributed by atoms with Crippen molar-refractivity contribution in [3.05, 3.63) is 10.6 Å². The summed E-state index contributed by atoms with van der Waals surface area (Å²) in [6.45, 7) is 6.06. The van der Waals surface area contributed by atoms with Crippen molar-refractivity contribution in [1.29, 1.82) is 0 Å². The van der Waals surface area contributed by atoms with Gasteiger partial charge in [-0.15, -0.1) is 11.3 Å². The maximum absolute atomic E-state index is 12.0. The molecular weight excluding hydrogens is 274 g/mol. The number of anilines is 1. The van der Waals surface area contributed by atoms with Crippen LogP contribution in [0.25, 0.3) is 0 Å². The number of hydrogen-bond acceptors (Lipinski definition) is 5. The number of thiazole rings is 1. The van der Waals surface area contributed by atoms with Gasteiger partial charge < -0.3 is 10.1 Å². The monoisotopic (exact) mass is 295 g/mol. The number of likely N-dealkylation sites (N-methyl/N-ethyl adjacent to an activating group) is 1. The average molecular weight is 295 g/mol. The predicted molar refractivity (Wildman–Crippen MR) is 79.0 cm³/mol. The lowest BCUT2D eigenvalue weighted by molar-refractivity contribution is -0.118. The fourth-order valence-corrected chi connectivity index (χ4v) is 3.82. The molecule has 3 heterocycles. The lowest BCUT2D eigenvalue weighted by Crippen LogP contribution is -2.29. The fourth-order valence-electron chi connectivity index (χ4n) is 2.75. The predicted octanol–water partition coefficient (Wildman–Crippen LogP) is 2.03. The van der Waals surface area contributed by atoms with Crippen molar-refractivity contribution in [2.75, 3.05) is 25.0 Å². The Kier molecular flexibility index (Phi) is 4.33. The normalized spacial score (nSPS) is 22.8. The number of aromatic nitrogens is 1. The summed E-state index contributed by atoms with van der Waals surface area (Å²) in [5.74, 6) is 0.0235. The zero-order valence-electron chi connectivity index (χ0n) is 11.9. The number of ether oxygens (including phenoxy) is 1. The van der Waals surface area contributed by atoms with Crippen LogP contribution in [0.1, 0.15) is 36.8 Å². The molecule has 0 radical (unpaired) electrons. The van der Waals surface area contributed by atoms with Gasteiger partial charge in [-0.05, 0) is 19.4 Å². The first-order chi connectivity index (χ1) is 9.74. The van der Waals surface area contributed by atoms with Crippen molar-refractivity contribution in [1.82, 2.24) is 9.88 Å². The van der Waals surface area contributed by atoms with E-state index in [1.807, 2.05) is 0 Å². The van der Waals surface area contributed by atoms with Crippen LogP contribution in [0, 0.1) is 0 Å². The van der Waals surface area contributed by atoms with Gasteiger partial charge >= 0.3 is 0 Å². The van der Waals surface area contributed by atoms with Crippen molar-refractivity contribution in [3.8, 4) is 0 Å². The Morgan fingerprint density at radius 3 is 3.25 bits per heavy atom. The van der Waals surface area contributed by atoms with Crippen LogP contribution in [0.4, 0.5) is 5.13 Å². The molecule has 1 saturated heterocycles. The third-order valence-corrected chi connectivity index (χ3v) is 4.94. The van der Waals surface area contributed by atoms with E-state index in [-0.39, 0.29) is 12.0 Å². The van der Waals surface area contributed by atoms with Gasteiger partial charge in [0, 0.05) is 31.0 Å². The second-order valence-electron chi connectivity index (χ2n) is 5.39. The van der Waals surface area contributed by atoms with E-state index < -0.39 is 0 Å². The summed E-state index contributed by atoms with van der Waals surface area (Å²) in [7, 11) is 0. The van der Waals surface area contributed by atoms with Crippen LogP contribution in [0.3, 0.4) is 0 Å². The van der Waals surface area contributed by atoms with Gasteiger partial charge in [-0.2, -0.15) is 0 Å². The molecule has 1 atom stereocenters. The number of amides is 1. The summed E-state index contributed by atoms with van der Waals surface area (Å²) in [5.41, 5.74) is 1.16. The van der Waals surface area contributed by atoms with Gasteiger partial charge in [0.05, 0.1) is 18.2 Å². The number of carbonyl (C=O) groups is 1. The molecule has 1 amide bonds. The highest BCUT2D eigenvalue weighted by Gasteiger charge is 2.22. The third kappa shape index (κ3) is 3.19. The molecule has 1 N–H and O–H groups in total. The number of fused-ring (bicyclic) bond motifs is 1. The maximum Gasteiger partial charge on any atom is 0.228 e. The average Bonchev–Trinajstić information content (AvgIpc) is 3.06. The van der Waals surface area contributed by atoms with E-state index in [4.69, 9.17) is 4.74 Å². The molecule has 110 valence electrons. The van der Waals surface area contributed by atoms with Crippen molar-refractivity contribution in [3.63, 3.8) is 0 Å². The highest BCUT2D eigenvalue weighted by Crippen LogP contribution is 2.28. The van der Waals surface area contributed by atoms with Crippen LogP contribution >= 0.6 is 11.3 Å². The Hall–Kier alpha value is -0.980. The summed E-state index contributed by atoms with van der Waals surface area (Å²) in [4.78, 5) is 20.2. The van der Waals surface area contributed by atoms with Crippen LogP contribution in [-0.2, 0) is 22.5 Å². The summed E-state index contributed by atoms with van der Waals surface area (Å²) >= 11 is 1.62.